The predicted octanol–water partition coefficient (Wildman–Crippen LogP) is 1.77. The number of hydrogen-bond donors (Lipinski definition) is 3. The van der Waals surface area contributed by atoms with E-state index in [0.717, 1.165) is 0 Å². The number of aromatic amines is 1. The van der Waals surface area contributed by atoms with E-state index in [2.05, 4.69) is 14.8 Å². The summed E-state index contributed by atoms with van der Waals surface area (Å²) in [6, 6.07) is 5.10. The summed E-state index contributed by atoms with van der Waals surface area (Å²) in [6.45, 7) is 2.60. The Balaban J connectivity index is 2.01. The third kappa shape index (κ3) is 2.45. The van der Waals surface area contributed by atoms with Crippen LogP contribution in [0.1, 0.15) is 6.92 Å². The van der Waals surface area contributed by atoms with Crippen LogP contribution in [0.3, 0.4) is 0 Å². The van der Waals surface area contributed by atoms with Crippen LogP contribution in [0.2, 0.25) is 0 Å². The number of aromatic nitrogens is 3. The Bertz CT molecular complexity index is 894. The van der Waals surface area contributed by atoms with Crippen molar-refractivity contribution in [1.82, 2.24) is 14.8 Å². The molecule has 0 unspecified atom stereocenters. The fourth-order valence-electron chi connectivity index (χ4n) is 2.13. The summed E-state index contributed by atoms with van der Waals surface area (Å²) in [5, 5.41) is 4.60. The lowest BCUT2D eigenvalue weighted by atomic mass is 10.2. The fraction of sp³-hybridized carbons (Fsp3) is 0.154. The number of nitrogens with two attached hydrogens (primary N) is 1. The maximum absolute atomic E-state index is 12.5. The summed E-state index contributed by atoms with van der Waals surface area (Å²) < 4.78 is 29.1. The lowest BCUT2D eigenvalue weighted by Gasteiger charge is -2.04. The van der Waals surface area contributed by atoms with Crippen molar-refractivity contribution in [2.45, 2.75) is 18.4 Å². The average molecular weight is 305 g/mol. The Morgan fingerprint density at radius 3 is 2.95 bits per heavy atom. The lowest BCUT2D eigenvalue weighted by Crippen LogP contribution is -2.12. The van der Waals surface area contributed by atoms with Gasteiger partial charge < -0.3 is 10.7 Å². The smallest absolute Gasteiger partial charge is 0.264 e. The van der Waals surface area contributed by atoms with Gasteiger partial charge >= 0.3 is 0 Å². The molecule has 110 valence electrons. The predicted molar refractivity (Wildman–Crippen MR) is 81.4 cm³/mol. The van der Waals surface area contributed by atoms with Gasteiger partial charge in [0, 0.05) is 35.5 Å². The summed E-state index contributed by atoms with van der Waals surface area (Å²) >= 11 is 0. The average Bonchev–Trinajstić information content (AvgIpc) is 3.04. The molecule has 3 rings (SSSR count). The maximum Gasteiger partial charge on any atom is 0.264 e. The minimum absolute atomic E-state index is 0.161. The summed E-state index contributed by atoms with van der Waals surface area (Å²) in [6.07, 6.45) is 4.57. The molecule has 0 aliphatic rings. The topological polar surface area (TPSA) is 106 Å². The van der Waals surface area contributed by atoms with E-state index in [1.807, 2.05) is 6.92 Å². The molecule has 0 spiro atoms. The van der Waals surface area contributed by atoms with Crippen LogP contribution < -0.4 is 10.5 Å². The number of nitrogen functional groups attached to an aromatic ring is 1. The van der Waals surface area contributed by atoms with Crippen LogP contribution in [-0.4, -0.2) is 23.2 Å². The highest BCUT2D eigenvalue weighted by Gasteiger charge is 2.19. The van der Waals surface area contributed by atoms with Gasteiger partial charge in [-0.05, 0) is 25.1 Å². The van der Waals surface area contributed by atoms with Crippen LogP contribution in [0.15, 0.2) is 41.7 Å². The molecule has 21 heavy (non-hydrogen) atoms. The number of nitrogens with one attached hydrogen (secondary N) is 2. The van der Waals surface area contributed by atoms with E-state index in [4.69, 9.17) is 5.73 Å². The minimum Gasteiger partial charge on any atom is -0.399 e. The first kappa shape index (κ1) is 13.5. The molecule has 2 heterocycles. The number of sulfonamides is 1. The summed E-state index contributed by atoms with van der Waals surface area (Å²) in [7, 11) is -3.70. The SMILES string of the molecule is CCn1cc(NS(=O)(=O)c2c[nH]c3ccc(N)cc23)cn1. The minimum atomic E-state index is -3.70. The molecule has 0 aliphatic heterocycles. The van der Waals surface area contributed by atoms with Crippen molar-refractivity contribution in [2.24, 2.45) is 0 Å². The lowest BCUT2D eigenvalue weighted by molar-refractivity contribution is 0.602. The van der Waals surface area contributed by atoms with E-state index >= 15 is 0 Å². The van der Waals surface area contributed by atoms with Crippen LogP contribution >= 0.6 is 0 Å². The highest BCUT2D eigenvalue weighted by Crippen LogP contribution is 2.26. The number of fused-ring (bicyclic) bond motifs is 1. The fourth-order valence-corrected chi connectivity index (χ4v) is 3.33. The maximum atomic E-state index is 12.5. The van der Waals surface area contributed by atoms with E-state index in [9.17, 15) is 8.42 Å². The molecule has 0 amide bonds. The van der Waals surface area contributed by atoms with Gasteiger partial charge in [-0.15, -0.1) is 0 Å². The Labute approximate surface area is 121 Å². The molecule has 2 aromatic heterocycles. The van der Waals surface area contributed by atoms with Crippen LogP contribution in [0, 0.1) is 0 Å². The van der Waals surface area contributed by atoms with E-state index in [-0.39, 0.29) is 4.90 Å². The van der Waals surface area contributed by atoms with Crippen molar-refractivity contribution in [3.05, 3.63) is 36.8 Å². The Morgan fingerprint density at radius 1 is 1.43 bits per heavy atom. The molecule has 0 saturated carbocycles. The monoisotopic (exact) mass is 305 g/mol. The first-order valence-electron chi connectivity index (χ1n) is 6.41. The molecule has 3 aromatic rings. The number of rotatable bonds is 4. The molecular formula is C13H15N5O2S. The summed E-state index contributed by atoms with van der Waals surface area (Å²) in [5.74, 6) is 0. The number of aryl methyl sites for hydroxylation is 1. The van der Waals surface area contributed by atoms with Crippen molar-refractivity contribution >= 4 is 32.3 Å². The highest BCUT2D eigenvalue weighted by atomic mass is 32.2. The second kappa shape index (κ2) is 4.81. The number of benzene rings is 1. The van der Waals surface area contributed by atoms with E-state index < -0.39 is 10.0 Å². The normalized spacial score (nSPS) is 11.9. The molecule has 7 nitrogen and oxygen atoms in total. The van der Waals surface area contributed by atoms with E-state index in [1.54, 1.807) is 29.1 Å². The molecule has 4 N–H and O–H groups in total. The summed E-state index contributed by atoms with van der Waals surface area (Å²) in [5.41, 5.74) is 7.38. The largest absolute Gasteiger partial charge is 0.399 e. The molecule has 1 aromatic carbocycles. The highest BCUT2D eigenvalue weighted by molar-refractivity contribution is 7.93. The van der Waals surface area contributed by atoms with Crippen LogP contribution in [0.5, 0.6) is 0 Å². The zero-order valence-electron chi connectivity index (χ0n) is 11.4. The van der Waals surface area contributed by atoms with Gasteiger partial charge in [0.25, 0.3) is 10.0 Å². The van der Waals surface area contributed by atoms with Gasteiger partial charge in [-0.2, -0.15) is 5.10 Å². The van der Waals surface area contributed by atoms with Gasteiger partial charge in [0.2, 0.25) is 0 Å². The molecule has 0 bridgehead atoms. The second-order valence-electron chi connectivity index (χ2n) is 4.65. The molecule has 8 heteroatoms. The van der Waals surface area contributed by atoms with Crippen molar-refractivity contribution in [1.29, 1.82) is 0 Å². The number of anilines is 2. The quantitative estimate of drug-likeness (QED) is 0.639. The van der Waals surface area contributed by atoms with Crippen molar-refractivity contribution in [3.8, 4) is 0 Å². The summed E-state index contributed by atoms with van der Waals surface area (Å²) in [4.78, 5) is 3.09. The van der Waals surface area contributed by atoms with Crippen molar-refractivity contribution < 1.29 is 8.42 Å². The standard InChI is InChI=1S/C13H15N5O2S/c1-2-18-8-10(6-16-18)17-21(19,20)13-7-15-12-4-3-9(14)5-11(12)13/h3-8,15,17H,2,14H2,1H3. The Kier molecular flexibility index (Phi) is 3.09. The Hall–Kier alpha value is -2.48. The van der Waals surface area contributed by atoms with Gasteiger partial charge in [0.1, 0.15) is 4.90 Å². The van der Waals surface area contributed by atoms with E-state index in [0.29, 0.717) is 28.8 Å². The molecule has 0 atom stereocenters. The third-order valence-corrected chi connectivity index (χ3v) is 4.59. The molecule has 0 fully saturated rings. The van der Waals surface area contributed by atoms with Crippen LogP contribution in [-0.2, 0) is 16.6 Å². The molecule has 0 radical (unpaired) electrons. The van der Waals surface area contributed by atoms with Crippen molar-refractivity contribution in [2.75, 3.05) is 10.5 Å². The second-order valence-corrected chi connectivity index (χ2v) is 6.30. The molecular weight excluding hydrogens is 290 g/mol. The Morgan fingerprint density at radius 2 is 2.24 bits per heavy atom. The van der Waals surface area contributed by atoms with Crippen LogP contribution in [0.4, 0.5) is 11.4 Å². The number of hydrogen-bond acceptors (Lipinski definition) is 4. The van der Waals surface area contributed by atoms with Gasteiger partial charge in [-0.3, -0.25) is 9.40 Å². The molecule has 0 aliphatic carbocycles. The molecule has 0 saturated heterocycles. The zero-order valence-corrected chi connectivity index (χ0v) is 12.2. The zero-order chi connectivity index (χ0) is 15.0. The van der Waals surface area contributed by atoms with Gasteiger partial charge in [0.15, 0.2) is 0 Å². The van der Waals surface area contributed by atoms with E-state index in [1.165, 1.54) is 12.4 Å². The van der Waals surface area contributed by atoms with Gasteiger partial charge in [0.05, 0.1) is 11.9 Å². The van der Waals surface area contributed by atoms with Crippen LogP contribution in [0.25, 0.3) is 10.9 Å². The number of H-pyrrole nitrogens is 1. The third-order valence-electron chi connectivity index (χ3n) is 3.17. The number of nitrogens with zero attached hydrogens (tertiary/aromatic N) is 2. The first-order chi connectivity index (χ1) is 9.99. The van der Waals surface area contributed by atoms with Crippen molar-refractivity contribution in [3.63, 3.8) is 0 Å². The first-order valence-corrected chi connectivity index (χ1v) is 7.90. The van der Waals surface area contributed by atoms with Gasteiger partial charge in [-0.1, -0.05) is 0 Å². The van der Waals surface area contributed by atoms with Gasteiger partial charge in [-0.25, -0.2) is 8.42 Å².